The fraction of sp³-hybridized carbons (Fsp3) is 0.529. The van der Waals surface area contributed by atoms with E-state index in [0.717, 1.165) is 28.6 Å². The van der Waals surface area contributed by atoms with Gasteiger partial charge < -0.3 is 10.3 Å². The highest BCUT2D eigenvalue weighted by Crippen LogP contribution is 2.22. The van der Waals surface area contributed by atoms with Crippen molar-refractivity contribution in [2.24, 2.45) is 5.73 Å². The van der Waals surface area contributed by atoms with E-state index in [1.54, 1.807) is 0 Å². The second-order valence-corrected chi connectivity index (χ2v) is 6.73. The number of fused-ring (bicyclic) bond motifs is 1. The molecule has 2 aromatic heterocycles. The molecule has 2 N–H and O–H groups in total. The number of carbonyl (C=O) groups excluding carboxylic acids is 1. The highest BCUT2D eigenvalue weighted by molar-refractivity contribution is 5.80. The van der Waals surface area contributed by atoms with Gasteiger partial charge in [0.15, 0.2) is 0 Å². The lowest BCUT2D eigenvalue weighted by Crippen LogP contribution is -2.50. The number of hydrogen-bond donors (Lipinski definition) is 1. The van der Waals surface area contributed by atoms with Gasteiger partial charge in [0, 0.05) is 17.9 Å². The van der Waals surface area contributed by atoms with Crippen LogP contribution in [0.3, 0.4) is 0 Å². The molecular weight excluding hydrogens is 304 g/mol. The Morgan fingerprint density at radius 1 is 1.33 bits per heavy atom. The molecule has 0 aromatic carbocycles. The lowest BCUT2D eigenvalue weighted by molar-refractivity contribution is -0.125. The molecule has 0 aliphatic carbocycles. The van der Waals surface area contributed by atoms with Crippen LogP contribution >= 0.6 is 0 Å². The molecule has 128 valence electrons. The summed E-state index contributed by atoms with van der Waals surface area (Å²) in [6.07, 6.45) is 0. The molecule has 7 nitrogen and oxygen atoms in total. The number of aryl methyl sites for hydroxylation is 2. The largest absolute Gasteiger partial charge is 0.368 e. The highest BCUT2D eigenvalue weighted by atomic mass is 16.1. The van der Waals surface area contributed by atoms with E-state index in [4.69, 9.17) is 5.73 Å². The van der Waals surface area contributed by atoms with Gasteiger partial charge in [-0.3, -0.25) is 14.7 Å². The smallest absolute Gasteiger partial charge is 0.236 e. The topological polar surface area (TPSA) is 89.9 Å². The van der Waals surface area contributed by atoms with Crippen LogP contribution in [0.4, 0.5) is 0 Å². The van der Waals surface area contributed by atoms with Gasteiger partial charge in [-0.2, -0.15) is 0 Å². The molecule has 3 heterocycles. The summed E-state index contributed by atoms with van der Waals surface area (Å²) in [5, 5.41) is 8.31. The number of primary amides is 1. The molecule has 24 heavy (non-hydrogen) atoms. The number of nitrogens with two attached hydrogens (primary N) is 1. The molecule has 1 unspecified atom stereocenters. The first-order valence-corrected chi connectivity index (χ1v) is 8.25. The molecule has 0 spiro atoms. The van der Waals surface area contributed by atoms with Gasteiger partial charge in [-0.15, -0.1) is 10.2 Å². The summed E-state index contributed by atoms with van der Waals surface area (Å²) in [4.78, 5) is 18.7. The third kappa shape index (κ3) is 3.03. The van der Waals surface area contributed by atoms with E-state index in [2.05, 4.69) is 46.1 Å². The van der Waals surface area contributed by atoms with E-state index >= 15 is 0 Å². The molecule has 2 aromatic rings. The van der Waals surface area contributed by atoms with Crippen molar-refractivity contribution in [1.82, 2.24) is 24.6 Å². The lowest BCUT2D eigenvalue weighted by atomic mass is 10.1. The van der Waals surface area contributed by atoms with Crippen LogP contribution in [0, 0.1) is 13.8 Å². The van der Waals surface area contributed by atoms with Crippen molar-refractivity contribution in [3.05, 3.63) is 40.7 Å². The Balaban J connectivity index is 1.86. The predicted octanol–water partition coefficient (Wildman–Crippen LogP) is 1.28. The van der Waals surface area contributed by atoms with E-state index in [-0.39, 0.29) is 11.9 Å². The van der Waals surface area contributed by atoms with Crippen LogP contribution in [0.5, 0.6) is 0 Å². The normalized spacial score (nSPS) is 18.0. The highest BCUT2D eigenvalue weighted by Gasteiger charge is 2.32. The van der Waals surface area contributed by atoms with Crippen molar-refractivity contribution in [2.75, 3.05) is 0 Å². The molecule has 0 bridgehead atoms. The van der Waals surface area contributed by atoms with Crippen molar-refractivity contribution >= 4 is 5.91 Å². The lowest BCUT2D eigenvalue weighted by Gasteiger charge is -2.34. The van der Waals surface area contributed by atoms with Crippen molar-refractivity contribution < 1.29 is 4.79 Å². The Hall–Kier alpha value is -2.28. The maximum absolute atomic E-state index is 11.9. The molecule has 1 aliphatic rings. The van der Waals surface area contributed by atoms with Crippen LogP contribution < -0.4 is 5.73 Å². The molecule has 0 radical (unpaired) electrons. The SMILES string of the molecule is Cc1nc(C(C)C)ccc1CN1Cc2nnc(C)n2CC1C(N)=O. The Labute approximate surface area is 141 Å². The zero-order chi connectivity index (χ0) is 17.4. The summed E-state index contributed by atoms with van der Waals surface area (Å²) < 4.78 is 1.97. The number of carbonyl (C=O) groups is 1. The van der Waals surface area contributed by atoms with Crippen LogP contribution in [-0.4, -0.2) is 36.6 Å². The molecule has 3 rings (SSSR count). The second-order valence-electron chi connectivity index (χ2n) is 6.73. The maximum Gasteiger partial charge on any atom is 0.236 e. The Bertz CT molecular complexity index is 766. The van der Waals surface area contributed by atoms with Crippen molar-refractivity contribution in [3.63, 3.8) is 0 Å². The zero-order valence-electron chi connectivity index (χ0n) is 14.7. The van der Waals surface area contributed by atoms with Crippen LogP contribution in [0.2, 0.25) is 0 Å². The molecule has 0 saturated carbocycles. The Kier molecular flexibility index (Phi) is 4.36. The summed E-state index contributed by atoms with van der Waals surface area (Å²) in [7, 11) is 0. The molecule has 7 heteroatoms. The van der Waals surface area contributed by atoms with Gasteiger partial charge in [0.1, 0.15) is 17.7 Å². The third-order valence-electron chi connectivity index (χ3n) is 4.66. The van der Waals surface area contributed by atoms with Crippen LogP contribution in [0.25, 0.3) is 0 Å². The molecule has 1 amide bonds. The summed E-state index contributed by atoms with van der Waals surface area (Å²) >= 11 is 0. The van der Waals surface area contributed by atoms with Gasteiger partial charge in [0.05, 0.1) is 13.1 Å². The fourth-order valence-corrected chi connectivity index (χ4v) is 3.11. The van der Waals surface area contributed by atoms with Gasteiger partial charge in [-0.25, -0.2) is 0 Å². The average Bonchev–Trinajstić information content (AvgIpc) is 2.88. The number of nitrogens with zero attached hydrogens (tertiary/aromatic N) is 5. The number of hydrogen-bond acceptors (Lipinski definition) is 5. The van der Waals surface area contributed by atoms with E-state index in [9.17, 15) is 4.79 Å². The summed E-state index contributed by atoms with van der Waals surface area (Å²) in [5.41, 5.74) is 8.82. The van der Waals surface area contributed by atoms with Gasteiger partial charge in [0.2, 0.25) is 5.91 Å². The Morgan fingerprint density at radius 3 is 2.71 bits per heavy atom. The average molecular weight is 328 g/mol. The number of rotatable bonds is 4. The van der Waals surface area contributed by atoms with Gasteiger partial charge in [0.25, 0.3) is 0 Å². The summed E-state index contributed by atoms with van der Waals surface area (Å²) in [6.45, 7) is 9.84. The van der Waals surface area contributed by atoms with Gasteiger partial charge in [-0.1, -0.05) is 19.9 Å². The standard InChI is InChI=1S/C17H24N6O/c1-10(2)14-6-5-13(11(3)19-14)7-22-9-16-21-20-12(4)23(16)8-15(22)17(18)24/h5-6,10,15H,7-9H2,1-4H3,(H2,18,24). The maximum atomic E-state index is 11.9. The summed E-state index contributed by atoms with van der Waals surface area (Å²) in [6, 6.07) is 3.79. The van der Waals surface area contributed by atoms with E-state index in [1.165, 1.54) is 0 Å². The van der Waals surface area contributed by atoms with Crippen molar-refractivity contribution in [2.45, 2.75) is 59.3 Å². The van der Waals surface area contributed by atoms with Gasteiger partial charge >= 0.3 is 0 Å². The third-order valence-corrected chi connectivity index (χ3v) is 4.66. The second kappa shape index (κ2) is 6.32. The van der Waals surface area contributed by atoms with Crippen LogP contribution in [0.1, 0.15) is 48.4 Å². The quantitative estimate of drug-likeness (QED) is 0.913. The Morgan fingerprint density at radius 2 is 2.08 bits per heavy atom. The fourth-order valence-electron chi connectivity index (χ4n) is 3.11. The number of aromatic nitrogens is 4. The molecule has 1 atom stereocenters. The van der Waals surface area contributed by atoms with Crippen molar-refractivity contribution in [3.8, 4) is 0 Å². The van der Waals surface area contributed by atoms with Crippen LogP contribution in [-0.2, 0) is 24.4 Å². The predicted molar refractivity (Wildman–Crippen MR) is 90.1 cm³/mol. The molecule has 0 fully saturated rings. The number of pyridine rings is 1. The molecule has 0 saturated heterocycles. The summed E-state index contributed by atoms with van der Waals surface area (Å²) in [5.74, 6) is 1.76. The minimum atomic E-state index is -0.364. The minimum absolute atomic E-state index is 0.321. The van der Waals surface area contributed by atoms with E-state index in [0.29, 0.717) is 25.6 Å². The number of amides is 1. The zero-order valence-corrected chi connectivity index (χ0v) is 14.7. The van der Waals surface area contributed by atoms with E-state index < -0.39 is 0 Å². The first-order valence-electron chi connectivity index (χ1n) is 8.25. The molecular formula is C17H24N6O. The van der Waals surface area contributed by atoms with Crippen LogP contribution in [0.15, 0.2) is 12.1 Å². The monoisotopic (exact) mass is 328 g/mol. The first-order chi connectivity index (χ1) is 11.4. The van der Waals surface area contributed by atoms with Crippen molar-refractivity contribution in [1.29, 1.82) is 0 Å². The van der Waals surface area contributed by atoms with E-state index in [1.807, 2.05) is 18.4 Å². The first kappa shape index (κ1) is 16.6. The molecule has 1 aliphatic heterocycles. The van der Waals surface area contributed by atoms with Gasteiger partial charge in [-0.05, 0) is 31.4 Å². The minimum Gasteiger partial charge on any atom is -0.368 e.